The summed E-state index contributed by atoms with van der Waals surface area (Å²) in [4.78, 5) is 11.8. The molecule has 5 heteroatoms. The minimum atomic E-state index is -1.000. The highest BCUT2D eigenvalue weighted by atomic mass is 35.5. The smallest absolute Gasteiger partial charge is 0.328 e. The van der Waals surface area contributed by atoms with E-state index in [1.807, 2.05) is 0 Å². The number of ether oxygens (including phenoxy) is 1. The van der Waals surface area contributed by atoms with Gasteiger partial charge in [-0.3, -0.25) is 0 Å². The van der Waals surface area contributed by atoms with Crippen LogP contribution in [0.5, 0.6) is 0 Å². The predicted molar refractivity (Wildman–Crippen MR) is 99.7 cm³/mol. The fourth-order valence-electron chi connectivity index (χ4n) is 2.35. The van der Waals surface area contributed by atoms with Gasteiger partial charge in [0.05, 0.1) is 6.61 Å². The highest BCUT2D eigenvalue weighted by Gasteiger charge is 2.35. The Labute approximate surface area is 153 Å². The Hall–Kier alpha value is 0.01000. The second-order valence-corrected chi connectivity index (χ2v) is 7.67. The summed E-state index contributed by atoms with van der Waals surface area (Å²) in [5.74, 6) is -0.384. The van der Waals surface area contributed by atoms with Crippen molar-refractivity contribution in [1.29, 1.82) is 0 Å². The minimum Gasteiger partial charge on any atom is -0.464 e. The van der Waals surface area contributed by atoms with Crippen LogP contribution in [0.25, 0.3) is 0 Å². The molecular formula is C18H35Cl2NO2. The van der Waals surface area contributed by atoms with Gasteiger partial charge in [0, 0.05) is 0 Å². The maximum atomic E-state index is 11.8. The van der Waals surface area contributed by atoms with E-state index in [2.05, 4.69) is 6.92 Å². The Morgan fingerprint density at radius 2 is 1.22 bits per heavy atom. The first-order chi connectivity index (χ1) is 10.9. The Morgan fingerprint density at radius 3 is 1.61 bits per heavy atom. The predicted octanol–water partition coefficient (Wildman–Crippen LogP) is 6.62. The van der Waals surface area contributed by atoms with Crippen molar-refractivity contribution in [1.82, 2.24) is 3.94 Å². The molecule has 0 aromatic rings. The van der Waals surface area contributed by atoms with Crippen molar-refractivity contribution < 1.29 is 9.53 Å². The van der Waals surface area contributed by atoms with Gasteiger partial charge in [0.1, 0.15) is 5.54 Å². The van der Waals surface area contributed by atoms with E-state index >= 15 is 0 Å². The van der Waals surface area contributed by atoms with Crippen molar-refractivity contribution in [3.63, 3.8) is 0 Å². The molecule has 0 aromatic heterocycles. The summed E-state index contributed by atoms with van der Waals surface area (Å²) in [6.45, 7) is 5.97. The molecule has 0 bridgehead atoms. The number of unbranched alkanes of at least 4 members (excludes halogenated alkanes) is 11. The van der Waals surface area contributed by atoms with Crippen LogP contribution in [-0.4, -0.2) is 22.1 Å². The molecule has 0 amide bonds. The number of esters is 1. The molecule has 0 aliphatic carbocycles. The van der Waals surface area contributed by atoms with E-state index < -0.39 is 5.54 Å². The van der Waals surface area contributed by atoms with Crippen LogP contribution in [-0.2, 0) is 9.53 Å². The molecule has 0 saturated heterocycles. The Kier molecular flexibility index (Phi) is 14.4. The summed E-state index contributed by atoms with van der Waals surface area (Å²) in [6, 6.07) is 0. The molecule has 0 rings (SSSR count). The number of halogens is 2. The molecule has 3 nitrogen and oxygen atoms in total. The zero-order valence-corrected chi connectivity index (χ0v) is 16.7. The first-order valence-electron chi connectivity index (χ1n) is 9.22. The molecule has 0 aliphatic rings. The van der Waals surface area contributed by atoms with E-state index in [9.17, 15) is 4.79 Å². The first kappa shape index (κ1) is 23.0. The molecule has 0 fully saturated rings. The number of hydrogen-bond donors (Lipinski definition) is 0. The Balaban J connectivity index is 3.33. The van der Waals surface area contributed by atoms with Crippen molar-refractivity contribution in [3.8, 4) is 0 Å². The van der Waals surface area contributed by atoms with Gasteiger partial charge in [-0.2, -0.15) is 0 Å². The van der Waals surface area contributed by atoms with E-state index in [0.29, 0.717) is 6.61 Å². The molecule has 138 valence electrons. The number of rotatable bonds is 15. The number of carbonyl (C=O) groups excluding carboxylic acids is 1. The number of hydrogen-bond acceptors (Lipinski definition) is 3. The van der Waals surface area contributed by atoms with Gasteiger partial charge in [0.2, 0.25) is 0 Å². The van der Waals surface area contributed by atoms with Gasteiger partial charge < -0.3 is 4.74 Å². The van der Waals surface area contributed by atoms with Gasteiger partial charge in [-0.25, -0.2) is 4.79 Å². The summed E-state index contributed by atoms with van der Waals surface area (Å²) < 4.78 is 6.06. The van der Waals surface area contributed by atoms with Crippen LogP contribution < -0.4 is 0 Å². The fraction of sp³-hybridized carbons (Fsp3) is 0.944. The zero-order chi connectivity index (χ0) is 17.6. The van der Waals surface area contributed by atoms with Crippen LogP contribution in [0.4, 0.5) is 0 Å². The van der Waals surface area contributed by atoms with Gasteiger partial charge >= 0.3 is 5.97 Å². The average Bonchev–Trinajstić information content (AvgIpc) is 2.51. The normalized spacial score (nSPS) is 11.9. The largest absolute Gasteiger partial charge is 0.464 e. The highest BCUT2D eigenvalue weighted by molar-refractivity contribution is 6.35. The molecule has 0 aromatic carbocycles. The van der Waals surface area contributed by atoms with Crippen molar-refractivity contribution in [2.24, 2.45) is 0 Å². The van der Waals surface area contributed by atoms with Gasteiger partial charge in [-0.15, -0.1) is 3.94 Å². The third-order valence-electron chi connectivity index (χ3n) is 4.15. The van der Waals surface area contributed by atoms with Crippen LogP contribution in [0.2, 0.25) is 0 Å². The lowest BCUT2D eigenvalue weighted by atomic mass is 10.1. The number of nitrogens with zero attached hydrogens (tertiary/aromatic N) is 1. The maximum absolute atomic E-state index is 11.8. The third-order valence-corrected chi connectivity index (χ3v) is 5.00. The van der Waals surface area contributed by atoms with E-state index in [-0.39, 0.29) is 5.97 Å². The highest BCUT2D eigenvalue weighted by Crippen LogP contribution is 2.21. The molecule has 0 aliphatic heterocycles. The lowest BCUT2D eigenvalue weighted by Gasteiger charge is -2.24. The monoisotopic (exact) mass is 367 g/mol. The fourth-order valence-corrected chi connectivity index (χ4v) is 2.49. The topological polar surface area (TPSA) is 29.5 Å². The molecule has 0 N–H and O–H groups in total. The van der Waals surface area contributed by atoms with Gasteiger partial charge in [0.25, 0.3) is 0 Å². The molecule has 23 heavy (non-hydrogen) atoms. The zero-order valence-electron chi connectivity index (χ0n) is 15.2. The lowest BCUT2D eigenvalue weighted by Crippen LogP contribution is -2.41. The molecular weight excluding hydrogens is 333 g/mol. The van der Waals surface area contributed by atoms with E-state index in [1.54, 1.807) is 13.8 Å². The van der Waals surface area contributed by atoms with Crippen LogP contribution in [0, 0.1) is 0 Å². The van der Waals surface area contributed by atoms with Crippen LogP contribution in [0.1, 0.15) is 97.8 Å². The van der Waals surface area contributed by atoms with Gasteiger partial charge in [0.15, 0.2) is 0 Å². The molecule has 0 heterocycles. The SMILES string of the molecule is CCCCCCCCCCCCCCOC(=O)C(C)(C)N(Cl)Cl. The van der Waals surface area contributed by atoms with E-state index in [1.165, 1.54) is 64.2 Å². The van der Waals surface area contributed by atoms with Gasteiger partial charge in [-0.1, -0.05) is 77.6 Å². The van der Waals surface area contributed by atoms with E-state index in [4.69, 9.17) is 28.3 Å². The van der Waals surface area contributed by atoms with E-state index in [0.717, 1.165) is 16.8 Å². The maximum Gasteiger partial charge on any atom is 0.328 e. The molecule has 0 saturated carbocycles. The van der Waals surface area contributed by atoms with Crippen molar-refractivity contribution in [2.75, 3.05) is 6.61 Å². The molecule has 0 atom stereocenters. The summed E-state index contributed by atoms with van der Waals surface area (Å²) in [5.41, 5.74) is -1.000. The number of carbonyl (C=O) groups is 1. The Morgan fingerprint density at radius 1 is 0.826 bits per heavy atom. The second kappa shape index (κ2) is 14.4. The minimum absolute atomic E-state index is 0.384. The van der Waals surface area contributed by atoms with Crippen molar-refractivity contribution in [3.05, 3.63) is 0 Å². The third kappa shape index (κ3) is 12.1. The van der Waals surface area contributed by atoms with Crippen molar-refractivity contribution in [2.45, 2.75) is 103 Å². The molecule has 0 unspecified atom stereocenters. The average molecular weight is 368 g/mol. The lowest BCUT2D eigenvalue weighted by molar-refractivity contribution is -0.151. The van der Waals surface area contributed by atoms with Crippen LogP contribution in [0.3, 0.4) is 0 Å². The van der Waals surface area contributed by atoms with Crippen LogP contribution in [0.15, 0.2) is 0 Å². The second-order valence-electron chi connectivity index (χ2n) is 6.82. The van der Waals surface area contributed by atoms with Crippen LogP contribution >= 0.6 is 23.6 Å². The molecule has 0 spiro atoms. The quantitative estimate of drug-likeness (QED) is 0.185. The van der Waals surface area contributed by atoms with Gasteiger partial charge in [-0.05, 0) is 43.8 Å². The molecule has 0 radical (unpaired) electrons. The van der Waals surface area contributed by atoms with Crippen molar-refractivity contribution >= 4 is 29.5 Å². The Bertz CT molecular complexity index is 297. The summed E-state index contributed by atoms with van der Waals surface area (Å²) >= 11 is 11.2. The summed E-state index contributed by atoms with van der Waals surface area (Å²) in [5, 5.41) is 0. The summed E-state index contributed by atoms with van der Waals surface area (Å²) in [6.07, 6.45) is 15.5. The summed E-state index contributed by atoms with van der Waals surface area (Å²) in [7, 11) is 0. The standard InChI is InChI=1S/C18H35Cl2NO2/c1-4-5-6-7-8-9-10-11-12-13-14-15-16-23-17(22)18(2,3)21(19)20/h4-16H2,1-3H3. The first-order valence-corrected chi connectivity index (χ1v) is 9.89.